The van der Waals surface area contributed by atoms with E-state index >= 15 is 0 Å². The third kappa shape index (κ3) is 2.67. The van der Waals surface area contributed by atoms with Crippen LogP contribution in [0.15, 0.2) is 6.20 Å². The molecule has 0 saturated heterocycles. The number of aryl methyl sites for hydroxylation is 1. The van der Waals surface area contributed by atoms with Gasteiger partial charge < -0.3 is 10.5 Å². The molecule has 4 nitrogen and oxygen atoms in total. The van der Waals surface area contributed by atoms with Crippen LogP contribution >= 0.6 is 0 Å². The molecule has 0 bridgehead atoms. The summed E-state index contributed by atoms with van der Waals surface area (Å²) in [7, 11) is 1.57. The molecule has 0 spiro atoms. The quantitative estimate of drug-likeness (QED) is 0.776. The lowest BCUT2D eigenvalue weighted by Crippen LogP contribution is -2.19. The highest BCUT2D eigenvalue weighted by atomic mass is 16.5. The van der Waals surface area contributed by atoms with Crippen LogP contribution in [0, 0.1) is 0 Å². The summed E-state index contributed by atoms with van der Waals surface area (Å²) in [6.45, 7) is 4.04. The number of rotatable bonds is 4. The van der Waals surface area contributed by atoms with E-state index in [9.17, 15) is 0 Å². The largest absolute Gasteiger partial charge is 0.467 e. The van der Waals surface area contributed by atoms with Gasteiger partial charge in [-0.15, -0.1) is 0 Å². The number of nitrogens with zero attached hydrogens (tertiary/aromatic N) is 2. The van der Waals surface area contributed by atoms with E-state index in [0.717, 1.165) is 24.1 Å². The fourth-order valence-corrected chi connectivity index (χ4v) is 1.35. The van der Waals surface area contributed by atoms with E-state index in [1.807, 2.05) is 6.92 Å². The van der Waals surface area contributed by atoms with Crippen molar-refractivity contribution in [1.29, 1.82) is 0 Å². The Morgan fingerprint density at radius 2 is 2.29 bits per heavy atom. The Hall–Kier alpha value is -1.16. The first kappa shape index (κ1) is 10.9. The van der Waals surface area contributed by atoms with E-state index in [1.165, 1.54) is 0 Å². The van der Waals surface area contributed by atoms with E-state index in [2.05, 4.69) is 16.9 Å². The van der Waals surface area contributed by atoms with Crippen LogP contribution in [0.25, 0.3) is 0 Å². The van der Waals surface area contributed by atoms with E-state index in [4.69, 9.17) is 10.5 Å². The zero-order chi connectivity index (χ0) is 10.6. The molecular weight excluding hydrogens is 178 g/mol. The Balaban J connectivity index is 2.93. The van der Waals surface area contributed by atoms with Gasteiger partial charge in [-0.05, 0) is 25.3 Å². The lowest BCUT2D eigenvalue weighted by Gasteiger charge is -2.09. The van der Waals surface area contributed by atoms with Crippen LogP contribution in [0.4, 0.5) is 0 Å². The van der Waals surface area contributed by atoms with Gasteiger partial charge in [-0.25, -0.2) is 9.97 Å². The molecule has 0 aliphatic rings. The first-order valence-electron chi connectivity index (χ1n) is 4.81. The molecule has 1 aromatic rings. The van der Waals surface area contributed by atoms with Crippen LogP contribution in [0.3, 0.4) is 0 Å². The normalized spacial score (nSPS) is 12.6. The van der Waals surface area contributed by atoms with Crippen molar-refractivity contribution >= 4 is 0 Å². The highest BCUT2D eigenvalue weighted by molar-refractivity contribution is 5.20. The smallest absolute Gasteiger partial charge is 0.316 e. The second-order valence-corrected chi connectivity index (χ2v) is 3.36. The van der Waals surface area contributed by atoms with Gasteiger partial charge in [0.05, 0.1) is 12.8 Å². The van der Waals surface area contributed by atoms with Gasteiger partial charge >= 0.3 is 6.01 Å². The van der Waals surface area contributed by atoms with Gasteiger partial charge in [0.1, 0.15) is 0 Å². The summed E-state index contributed by atoms with van der Waals surface area (Å²) in [6, 6.07) is 0.563. The highest BCUT2D eigenvalue weighted by Gasteiger charge is 2.07. The van der Waals surface area contributed by atoms with Crippen LogP contribution in [-0.2, 0) is 12.8 Å². The van der Waals surface area contributed by atoms with E-state index < -0.39 is 0 Å². The number of aromatic nitrogens is 2. The van der Waals surface area contributed by atoms with E-state index in [-0.39, 0.29) is 6.04 Å². The summed E-state index contributed by atoms with van der Waals surface area (Å²) in [4.78, 5) is 8.34. The summed E-state index contributed by atoms with van der Waals surface area (Å²) in [6.07, 6.45) is 3.49. The molecule has 1 atom stereocenters. The molecule has 0 amide bonds. The maximum absolute atomic E-state index is 5.73. The third-order valence-corrected chi connectivity index (χ3v) is 1.99. The highest BCUT2D eigenvalue weighted by Crippen LogP contribution is 2.11. The van der Waals surface area contributed by atoms with Gasteiger partial charge in [0.25, 0.3) is 0 Å². The molecule has 0 fully saturated rings. The average Bonchev–Trinajstić information content (AvgIpc) is 2.17. The molecule has 78 valence electrons. The second kappa shape index (κ2) is 4.91. The molecule has 1 unspecified atom stereocenters. The predicted octanol–water partition coefficient (Wildman–Crippen LogP) is 0.937. The molecule has 1 aromatic heterocycles. The molecule has 1 heterocycles. The lowest BCUT2D eigenvalue weighted by atomic mass is 10.1. The minimum absolute atomic E-state index is 0.136. The van der Waals surface area contributed by atoms with E-state index in [1.54, 1.807) is 13.3 Å². The molecule has 4 heteroatoms. The molecule has 1 rings (SSSR count). The zero-order valence-electron chi connectivity index (χ0n) is 8.95. The number of ether oxygens (including phenoxy) is 1. The van der Waals surface area contributed by atoms with Crippen molar-refractivity contribution in [2.24, 2.45) is 5.73 Å². The average molecular weight is 195 g/mol. The number of hydrogen-bond donors (Lipinski definition) is 1. The van der Waals surface area contributed by atoms with Crippen LogP contribution < -0.4 is 10.5 Å². The van der Waals surface area contributed by atoms with E-state index in [0.29, 0.717) is 6.01 Å². The number of methoxy groups -OCH3 is 1. The van der Waals surface area contributed by atoms with Gasteiger partial charge in [-0.2, -0.15) is 0 Å². The summed E-state index contributed by atoms with van der Waals surface area (Å²) in [5.74, 6) is 0. The summed E-state index contributed by atoms with van der Waals surface area (Å²) in [5, 5.41) is 0. The van der Waals surface area contributed by atoms with Crippen molar-refractivity contribution in [3.05, 3.63) is 17.5 Å². The van der Waals surface area contributed by atoms with Crippen LogP contribution in [0.5, 0.6) is 6.01 Å². The van der Waals surface area contributed by atoms with Gasteiger partial charge in [0, 0.05) is 12.2 Å². The van der Waals surface area contributed by atoms with Crippen molar-refractivity contribution in [2.75, 3.05) is 7.11 Å². The third-order valence-electron chi connectivity index (χ3n) is 1.99. The Morgan fingerprint density at radius 3 is 2.79 bits per heavy atom. The van der Waals surface area contributed by atoms with Crippen LogP contribution in [0.2, 0.25) is 0 Å². The van der Waals surface area contributed by atoms with Crippen molar-refractivity contribution in [3.8, 4) is 6.01 Å². The predicted molar refractivity (Wildman–Crippen MR) is 55.3 cm³/mol. The standard InChI is InChI=1S/C10H17N3O/c1-4-9-8(5-7(2)11)6-12-10(13-9)14-3/h6-7H,4-5,11H2,1-3H3. The molecule has 0 aromatic carbocycles. The first-order chi connectivity index (χ1) is 6.67. The van der Waals surface area contributed by atoms with Gasteiger partial charge in [-0.3, -0.25) is 0 Å². The summed E-state index contributed by atoms with van der Waals surface area (Å²) in [5.41, 5.74) is 7.87. The monoisotopic (exact) mass is 195 g/mol. The van der Waals surface area contributed by atoms with Gasteiger partial charge in [0.15, 0.2) is 0 Å². The van der Waals surface area contributed by atoms with Crippen LogP contribution in [-0.4, -0.2) is 23.1 Å². The lowest BCUT2D eigenvalue weighted by molar-refractivity contribution is 0.377. The van der Waals surface area contributed by atoms with Gasteiger partial charge in [-0.1, -0.05) is 6.92 Å². The van der Waals surface area contributed by atoms with Crippen LogP contribution in [0.1, 0.15) is 25.1 Å². The molecule has 14 heavy (non-hydrogen) atoms. The summed E-state index contributed by atoms with van der Waals surface area (Å²) < 4.78 is 4.96. The number of nitrogens with two attached hydrogens (primary N) is 1. The SMILES string of the molecule is CCc1nc(OC)ncc1CC(C)N. The second-order valence-electron chi connectivity index (χ2n) is 3.36. The maximum atomic E-state index is 5.73. The minimum atomic E-state index is 0.136. The fraction of sp³-hybridized carbons (Fsp3) is 0.600. The Kier molecular flexibility index (Phi) is 3.83. The molecule has 0 saturated carbocycles. The zero-order valence-corrected chi connectivity index (χ0v) is 8.95. The summed E-state index contributed by atoms with van der Waals surface area (Å²) >= 11 is 0. The van der Waals surface area contributed by atoms with Gasteiger partial charge in [0.2, 0.25) is 0 Å². The van der Waals surface area contributed by atoms with Crippen molar-refractivity contribution in [1.82, 2.24) is 9.97 Å². The number of hydrogen-bond acceptors (Lipinski definition) is 4. The fourth-order valence-electron chi connectivity index (χ4n) is 1.35. The molecule has 2 N–H and O–H groups in total. The topological polar surface area (TPSA) is 61.0 Å². The Labute approximate surface area is 84.5 Å². The maximum Gasteiger partial charge on any atom is 0.316 e. The minimum Gasteiger partial charge on any atom is -0.467 e. The molecule has 0 aliphatic carbocycles. The Morgan fingerprint density at radius 1 is 1.57 bits per heavy atom. The van der Waals surface area contributed by atoms with Crippen molar-refractivity contribution < 1.29 is 4.74 Å². The Bertz CT molecular complexity index is 299. The molecule has 0 aliphatic heterocycles. The molecule has 0 radical (unpaired) electrons. The molecular formula is C10H17N3O. The van der Waals surface area contributed by atoms with Crippen molar-refractivity contribution in [2.45, 2.75) is 32.7 Å². The van der Waals surface area contributed by atoms with Crippen molar-refractivity contribution in [3.63, 3.8) is 0 Å². The first-order valence-corrected chi connectivity index (χ1v) is 4.81.